The smallest absolute Gasteiger partial charge is 0.243 e. The van der Waals surface area contributed by atoms with E-state index >= 15 is 0 Å². The molecule has 2 N–H and O–H groups in total. The molecule has 2 unspecified atom stereocenters. The van der Waals surface area contributed by atoms with Gasteiger partial charge in [-0.15, -0.1) is 0 Å². The number of nitrogens with zero attached hydrogens (tertiary/aromatic N) is 1. The predicted octanol–water partition coefficient (Wildman–Crippen LogP) is 2.62. The molecule has 1 heterocycles. The van der Waals surface area contributed by atoms with Crippen molar-refractivity contribution in [2.45, 2.75) is 42.7 Å². The SMILES string of the molecule is CNS(=O)(=O)c1cc(CC(=O)N(C)C(CC2CCCN2)c2ccccc2)ccc1F. The van der Waals surface area contributed by atoms with Gasteiger partial charge in [-0.1, -0.05) is 36.4 Å². The molecule has 2 aromatic rings. The van der Waals surface area contributed by atoms with Gasteiger partial charge in [-0.2, -0.15) is 0 Å². The number of hydrogen-bond donors (Lipinski definition) is 2. The Morgan fingerprint density at radius 3 is 2.63 bits per heavy atom. The number of rotatable bonds is 8. The van der Waals surface area contributed by atoms with Gasteiger partial charge in [0, 0.05) is 13.1 Å². The first-order valence-corrected chi connectivity index (χ1v) is 11.6. The summed E-state index contributed by atoms with van der Waals surface area (Å²) in [6.07, 6.45) is 3.00. The molecule has 1 saturated heterocycles. The zero-order valence-corrected chi connectivity index (χ0v) is 18.1. The van der Waals surface area contributed by atoms with E-state index in [-0.39, 0.29) is 18.4 Å². The highest BCUT2D eigenvalue weighted by atomic mass is 32.2. The molecular formula is C22H28FN3O3S. The number of carbonyl (C=O) groups is 1. The molecule has 3 rings (SSSR count). The molecule has 1 fully saturated rings. The molecule has 2 atom stereocenters. The third kappa shape index (κ3) is 5.24. The molecule has 162 valence electrons. The standard InChI is InChI=1S/C22H28FN3O3S/c1-24-30(28,29)21-13-16(10-11-19(21)23)14-22(27)26(2)20(15-18-9-6-12-25-18)17-7-4-3-5-8-17/h3-5,7-8,10-11,13,18,20,24-25H,6,9,12,14-15H2,1-2H3. The third-order valence-electron chi connectivity index (χ3n) is 5.62. The van der Waals surface area contributed by atoms with Crippen molar-refractivity contribution in [3.63, 3.8) is 0 Å². The van der Waals surface area contributed by atoms with E-state index in [9.17, 15) is 17.6 Å². The second kappa shape index (κ2) is 9.68. The van der Waals surface area contributed by atoms with Gasteiger partial charge in [0.25, 0.3) is 0 Å². The minimum absolute atomic E-state index is 0.00948. The zero-order chi connectivity index (χ0) is 21.7. The normalized spacial score (nSPS) is 17.6. The van der Waals surface area contributed by atoms with Gasteiger partial charge in [0.05, 0.1) is 12.5 Å². The van der Waals surface area contributed by atoms with Crippen molar-refractivity contribution < 1.29 is 17.6 Å². The van der Waals surface area contributed by atoms with E-state index in [4.69, 9.17) is 0 Å². The van der Waals surface area contributed by atoms with E-state index in [0.29, 0.717) is 11.6 Å². The van der Waals surface area contributed by atoms with E-state index in [2.05, 4.69) is 10.0 Å². The molecule has 1 aliphatic heterocycles. The highest BCUT2D eigenvalue weighted by Gasteiger charge is 2.27. The number of carbonyl (C=O) groups excluding carboxylic acids is 1. The number of sulfonamides is 1. The minimum Gasteiger partial charge on any atom is -0.338 e. The van der Waals surface area contributed by atoms with Crippen molar-refractivity contribution in [2.75, 3.05) is 20.6 Å². The van der Waals surface area contributed by atoms with Gasteiger partial charge in [0.2, 0.25) is 15.9 Å². The fourth-order valence-corrected chi connectivity index (χ4v) is 4.72. The van der Waals surface area contributed by atoms with Crippen LogP contribution in [0.4, 0.5) is 4.39 Å². The summed E-state index contributed by atoms with van der Waals surface area (Å²) in [5.41, 5.74) is 1.51. The fraction of sp³-hybridized carbons (Fsp3) is 0.409. The van der Waals surface area contributed by atoms with E-state index in [1.165, 1.54) is 19.2 Å². The summed E-state index contributed by atoms with van der Waals surface area (Å²) in [7, 11) is -0.949. The summed E-state index contributed by atoms with van der Waals surface area (Å²) in [6.45, 7) is 0.988. The Morgan fingerprint density at radius 2 is 2.00 bits per heavy atom. The molecule has 0 aromatic heterocycles. The maximum Gasteiger partial charge on any atom is 0.243 e. The maximum absolute atomic E-state index is 14.0. The van der Waals surface area contributed by atoms with Crippen molar-refractivity contribution in [1.29, 1.82) is 0 Å². The molecule has 1 aliphatic rings. The van der Waals surface area contributed by atoms with Crippen LogP contribution in [0.3, 0.4) is 0 Å². The number of likely N-dealkylation sites (N-methyl/N-ethyl adjacent to an activating group) is 1. The number of benzene rings is 2. The first-order chi connectivity index (χ1) is 14.3. The Bertz CT molecular complexity index is 976. The van der Waals surface area contributed by atoms with Gasteiger partial charge in [0.1, 0.15) is 10.7 Å². The van der Waals surface area contributed by atoms with Gasteiger partial charge in [-0.3, -0.25) is 4.79 Å². The van der Waals surface area contributed by atoms with Crippen LogP contribution in [-0.4, -0.2) is 45.9 Å². The lowest BCUT2D eigenvalue weighted by atomic mass is 9.96. The number of halogens is 1. The number of hydrogen-bond acceptors (Lipinski definition) is 4. The van der Waals surface area contributed by atoms with Crippen LogP contribution >= 0.6 is 0 Å². The second-order valence-corrected chi connectivity index (χ2v) is 9.46. The first-order valence-electron chi connectivity index (χ1n) is 10.1. The van der Waals surface area contributed by atoms with E-state index in [1.54, 1.807) is 11.9 Å². The van der Waals surface area contributed by atoms with E-state index < -0.39 is 20.7 Å². The molecule has 0 saturated carbocycles. The van der Waals surface area contributed by atoms with E-state index in [1.807, 2.05) is 30.3 Å². The van der Waals surface area contributed by atoms with Crippen LogP contribution in [0.2, 0.25) is 0 Å². The molecule has 1 amide bonds. The average Bonchev–Trinajstić information content (AvgIpc) is 3.26. The highest BCUT2D eigenvalue weighted by Crippen LogP contribution is 2.28. The Morgan fingerprint density at radius 1 is 1.27 bits per heavy atom. The lowest BCUT2D eigenvalue weighted by molar-refractivity contribution is -0.131. The highest BCUT2D eigenvalue weighted by molar-refractivity contribution is 7.89. The topological polar surface area (TPSA) is 78.5 Å². The van der Waals surface area contributed by atoms with Gasteiger partial charge in [-0.25, -0.2) is 17.5 Å². The van der Waals surface area contributed by atoms with Crippen molar-refractivity contribution in [2.24, 2.45) is 0 Å². The van der Waals surface area contributed by atoms with Crippen LogP contribution in [0, 0.1) is 5.82 Å². The minimum atomic E-state index is -3.94. The van der Waals surface area contributed by atoms with Gasteiger partial charge in [0.15, 0.2) is 0 Å². The predicted molar refractivity (Wildman–Crippen MR) is 114 cm³/mol. The van der Waals surface area contributed by atoms with Crippen LogP contribution in [0.15, 0.2) is 53.4 Å². The molecule has 2 aromatic carbocycles. The second-order valence-electron chi connectivity index (χ2n) is 7.61. The number of amides is 1. The molecule has 0 radical (unpaired) electrons. The monoisotopic (exact) mass is 433 g/mol. The maximum atomic E-state index is 14.0. The Labute approximate surface area is 177 Å². The fourth-order valence-electron chi connectivity index (χ4n) is 3.87. The Hall–Kier alpha value is -2.29. The molecule has 6 nitrogen and oxygen atoms in total. The lowest BCUT2D eigenvalue weighted by Gasteiger charge is -2.31. The molecular weight excluding hydrogens is 405 g/mol. The van der Waals surface area contributed by atoms with Gasteiger partial charge >= 0.3 is 0 Å². The van der Waals surface area contributed by atoms with Crippen LogP contribution in [0.1, 0.15) is 36.4 Å². The zero-order valence-electron chi connectivity index (χ0n) is 17.3. The summed E-state index contributed by atoms with van der Waals surface area (Å²) in [5.74, 6) is -0.996. The molecule has 0 spiro atoms. The summed E-state index contributed by atoms with van der Waals surface area (Å²) in [4.78, 5) is 14.3. The summed E-state index contributed by atoms with van der Waals surface area (Å²) >= 11 is 0. The van der Waals surface area contributed by atoms with Crippen LogP contribution in [0.25, 0.3) is 0 Å². The van der Waals surface area contributed by atoms with Crippen molar-refractivity contribution in [1.82, 2.24) is 14.9 Å². The molecule has 0 bridgehead atoms. The third-order valence-corrected chi connectivity index (χ3v) is 7.05. The first kappa shape index (κ1) is 22.4. The van der Waals surface area contributed by atoms with Crippen LogP contribution < -0.4 is 10.0 Å². The van der Waals surface area contributed by atoms with E-state index in [0.717, 1.165) is 37.4 Å². The Kier molecular flexibility index (Phi) is 7.23. The van der Waals surface area contributed by atoms with Gasteiger partial charge < -0.3 is 10.2 Å². The largest absolute Gasteiger partial charge is 0.338 e. The quantitative estimate of drug-likeness (QED) is 0.671. The van der Waals surface area contributed by atoms with Crippen LogP contribution in [0.5, 0.6) is 0 Å². The lowest BCUT2D eigenvalue weighted by Crippen LogP contribution is -2.36. The summed E-state index contributed by atoms with van der Waals surface area (Å²) in [6, 6.07) is 13.9. The molecule has 30 heavy (non-hydrogen) atoms. The Balaban J connectivity index is 1.81. The summed E-state index contributed by atoms with van der Waals surface area (Å²) in [5, 5.41) is 3.48. The van der Waals surface area contributed by atoms with Crippen molar-refractivity contribution in [3.8, 4) is 0 Å². The van der Waals surface area contributed by atoms with Crippen LogP contribution in [-0.2, 0) is 21.2 Å². The molecule has 0 aliphatic carbocycles. The van der Waals surface area contributed by atoms with Crippen molar-refractivity contribution in [3.05, 3.63) is 65.5 Å². The molecule has 8 heteroatoms. The van der Waals surface area contributed by atoms with Crippen molar-refractivity contribution >= 4 is 15.9 Å². The van der Waals surface area contributed by atoms with Gasteiger partial charge in [-0.05, 0) is 56.1 Å². The number of nitrogens with one attached hydrogen (secondary N) is 2. The summed E-state index contributed by atoms with van der Waals surface area (Å²) < 4.78 is 40.2. The average molecular weight is 434 g/mol.